The molecule has 1 saturated heterocycles. The lowest BCUT2D eigenvalue weighted by atomic mass is 10.1. The molecule has 0 aromatic carbocycles. The lowest BCUT2D eigenvalue weighted by molar-refractivity contribution is -0.390. The van der Waals surface area contributed by atoms with Crippen molar-refractivity contribution in [2.45, 2.75) is 19.5 Å². The monoisotopic (exact) mass is 187 g/mol. The van der Waals surface area contributed by atoms with Crippen LogP contribution in [-0.4, -0.2) is 40.4 Å². The predicted octanol–water partition coefficient (Wildman–Crippen LogP) is -0.950. The molecule has 0 aromatic rings. The van der Waals surface area contributed by atoms with Crippen molar-refractivity contribution < 1.29 is 14.1 Å². The molecule has 1 aliphatic heterocycles. The zero-order chi connectivity index (χ0) is 9.68. The van der Waals surface area contributed by atoms with E-state index in [2.05, 4.69) is 5.23 Å². The average Bonchev–Trinajstić information content (AvgIpc) is 2.08. The molecule has 1 unspecified atom stereocenters. The van der Waals surface area contributed by atoms with E-state index < -0.39 is 0 Å². The molecule has 13 heavy (non-hydrogen) atoms. The summed E-state index contributed by atoms with van der Waals surface area (Å²) in [7, 11) is 3.10. The molecular weight excluding hydrogens is 171 g/mol. The fraction of sp³-hybridized carbons (Fsp3) is 1.00. The van der Waals surface area contributed by atoms with Gasteiger partial charge in [-0.15, -0.1) is 0 Å². The van der Waals surface area contributed by atoms with Crippen LogP contribution in [0.25, 0.3) is 0 Å². The van der Waals surface area contributed by atoms with Crippen molar-refractivity contribution in [3.8, 4) is 0 Å². The first-order valence-electron chi connectivity index (χ1n) is 4.36. The highest BCUT2D eigenvalue weighted by Gasteiger charge is 2.33. The van der Waals surface area contributed by atoms with Crippen molar-refractivity contribution in [3.05, 3.63) is 0 Å². The molecule has 0 aliphatic carbocycles. The smallest absolute Gasteiger partial charge is 0.395 e. The third-order valence-corrected chi connectivity index (χ3v) is 1.92. The van der Waals surface area contributed by atoms with Crippen LogP contribution in [0.5, 0.6) is 0 Å². The maximum absolute atomic E-state index is 5.56. The quantitative estimate of drug-likeness (QED) is 0.414. The minimum Gasteiger partial charge on any atom is -0.427 e. The summed E-state index contributed by atoms with van der Waals surface area (Å²) in [5.41, 5.74) is 5.56. The van der Waals surface area contributed by atoms with Crippen LogP contribution in [0.4, 0.5) is 0 Å². The van der Waals surface area contributed by atoms with Crippen LogP contribution in [0.2, 0.25) is 0 Å². The summed E-state index contributed by atoms with van der Waals surface area (Å²) in [6.07, 6.45) is -0.261. The van der Waals surface area contributed by atoms with Gasteiger partial charge in [0.2, 0.25) is 0 Å². The second-order valence-electron chi connectivity index (χ2n) is 2.97. The zero-order valence-electron chi connectivity index (χ0n) is 8.03. The molecule has 0 spiro atoms. The third-order valence-electron chi connectivity index (χ3n) is 1.92. The molecule has 0 amide bonds. The number of hydrogen-bond donors (Lipinski definition) is 2. The molecule has 3 N–H and O–H groups in total. The molecule has 5 nitrogen and oxygen atoms in total. The third kappa shape index (κ3) is 3.24. The van der Waals surface area contributed by atoms with E-state index in [-0.39, 0.29) is 18.5 Å². The Kier molecular flexibility index (Phi) is 4.68. The number of nitrogens with two attached hydrogens (primary N) is 1. The standard InChI is InChI=1S/C7H16BN2O3/c1-5-12-7(13-5)6(3-9)4-10-8-11-2/h5-7,10H,3-4,9H2,1-2H3. The van der Waals surface area contributed by atoms with Crippen LogP contribution >= 0.6 is 0 Å². The molecule has 1 rings (SSSR count). The van der Waals surface area contributed by atoms with Gasteiger partial charge in [0.1, 0.15) is 0 Å². The Morgan fingerprint density at radius 2 is 2.31 bits per heavy atom. The fourth-order valence-electron chi connectivity index (χ4n) is 1.18. The second-order valence-corrected chi connectivity index (χ2v) is 2.97. The van der Waals surface area contributed by atoms with Crippen LogP contribution in [0, 0.1) is 5.92 Å². The molecule has 0 bridgehead atoms. The maximum atomic E-state index is 5.56. The number of rotatable bonds is 6. The van der Waals surface area contributed by atoms with Gasteiger partial charge in [-0.25, -0.2) is 0 Å². The van der Waals surface area contributed by atoms with E-state index in [0.29, 0.717) is 13.1 Å². The highest BCUT2D eigenvalue weighted by molar-refractivity contribution is 6.23. The number of nitrogens with one attached hydrogen (secondary N) is 1. The van der Waals surface area contributed by atoms with Gasteiger partial charge in [-0.1, -0.05) is 0 Å². The predicted molar refractivity (Wildman–Crippen MR) is 48.7 cm³/mol. The van der Waals surface area contributed by atoms with E-state index in [1.165, 1.54) is 7.62 Å². The Balaban J connectivity index is 2.11. The summed E-state index contributed by atoms with van der Waals surface area (Å²) in [5.74, 6) is 0.169. The van der Waals surface area contributed by atoms with Crippen LogP contribution in [0.3, 0.4) is 0 Å². The summed E-state index contributed by atoms with van der Waals surface area (Å²) >= 11 is 0. The Bertz CT molecular complexity index is 144. The zero-order valence-corrected chi connectivity index (χ0v) is 8.03. The van der Waals surface area contributed by atoms with Gasteiger partial charge < -0.3 is 25.1 Å². The summed E-state index contributed by atoms with van der Waals surface area (Å²) in [6.45, 7) is 3.09. The Morgan fingerprint density at radius 1 is 1.62 bits per heavy atom. The van der Waals surface area contributed by atoms with E-state index in [1.807, 2.05) is 6.92 Å². The largest absolute Gasteiger partial charge is 0.427 e. The fourth-order valence-corrected chi connectivity index (χ4v) is 1.18. The summed E-state index contributed by atoms with van der Waals surface area (Å²) in [5, 5.41) is 2.96. The van der Waals surface area contributed by atoms with E-state index in [1.54, 1.807) is 7.11 Å². The van der Waals surface area contributed by atoms with Gasteiger partial charge in [0.25, 0.3) is 0 Å². The molecule has 1 atom stereocenters. The lowest BCUT2D eigenvalue weighted by Crippen LogP contribution is -2.50. The first-order valence-corrected chi connectivity index (χ1v) is 4.36. The summed E-state index contributed by atoms with van der Waals surface area (Å²) in [6, 6.07) is 0. The molecule has 75 valence electrons. The van der Waals surface area contributed by atoms with Gasteiger partial charge in [0.05, 0.1) is 0 Å². The molecule has 0 aromatic heterocycles. The van der Waals surface area contributed by atoms with Crippen molar-refractivity contribution in [3.63, 3.8) is 0 Å². The van der Waals surface area contributed by atoms with E-state index in [9.17, 15) is 0 Å². The average molecular weight is 187 g/mol. The minimum atomic E-state index is -0.169. The van der Waals surface area contributed by atoms with Crippen molar-refractivity contribution >= 4 is 7.62 Å². The molecule has 0 saturated carbocycles. The van der Waals surface area contributed by atoms with Crippen molar-refractivity contribution in [2.75, 3.05) is 20.2 Å². The Morgan fingerprint density at radius 3 is 2.77 bits per heavy atom. The second kappa shape index (κ2) is 5.56. The molecular formula is C7H16BN2O3. The first-order chi connectivity index (χ1) is 6.27. The van der Waals surface area contributed by atoms with Gasteiger partial charge in [0.15, 0.2) is 12.6 Å². The molecule has 6 heteroatoms. The lowest BCUT2D eigenvalue weighted by Gasteiger charge is -2.38. The van der Waals surface area contributed by atoms with Crippen LogP contribution in [-0.2, 0) is 14.1 Å². The van der Waals surface area contributed by atoms with Gasteiger partial charge in [-0.05, 0) is 13.5 Å². The minimum absolute atomic E-state index is 0.0922. The normalized spacial score (nSPS) is 29.5. The number of ether oxygens (including phenoxy) is 2. The Labute approximate surface area is 79.2 Å². The van der Waals surface area contributed by atoms with E-state index >= 15 is 0 Å². The highest BCUT2D eigenvalue weighted by atomic mass is 16.9. The van der Waals surface area contributed by atoms with Crippen molar-refractivity contribution in [1.29, 1.82) is 0 Å². The van der Waals surface area contributed by atoms with Gasteiger partial charge in [-0.3, -0.25) is 0 Å². The van der Waals surface area contributed by atoms with Crippen molar-refractivity contribution in [2.24, 2.45) is 11.7 Å². The first kappa shape index (κ1) is 10.9. The maximum Gasteiger partial charge on any atom is 0.395 e. The van der Waals surface area contributed by atoms with Crippen molar-refractivity contribution in [1.82, 2.24) is 5.23 Å². The van der Waals surface area contributed by atoms with Gasteiger partial charge in [-0.2, -0.15) is 0 Å². The molecule has 1 radical (unpaired) electrons. The SMILES string of the molecule is CO[B]NCC(CN)C1OC(C)O1. The van der Waals surface area contributed by atoms with Crippen LogP contribution < -0.4 is 11.0 Å². The topological polar surface area (TPSA) is 65.7 Å². The van der Waals surface area contributed by atoms with E-state index in [4.69, 9.17) is 19.9 Å². The highest BCUT2D eigenvalue weighted by Crippen LogP contribution is 2.22. The van der Waals surface area contributed by atoms with E-state index in [0.717, 1.165) is 0 Å². The summed E-state index contributed by atoms with van der Waals surface area (Å²) < 4.78 is 15.4. The van der Waals surface area contributed by atoms with Crippen LogP contribution in [0.15, 0.2) is 0 Å². The molecule has 1 heterocycles. The van der Waals surface area contributed by atoms with Gasteiger partial charge in [0, 0.05) is 19.6 Å². The molecule has 1 aliphatic rings. The Hall–Kier alpha value is -0.135. The summed E-state index contributed by atoms with van der Waals surface area (Å²) in [4.78, 5) is 0. The molecule has 1 fully saturated rings. The van der Waals surface area contributed by atoms with Crippen LogP contribution in [0.1, 0.15) is 6.92 Å². The number of hydrogen-bond acceptors (Lipinski definition) is 5. The van der Waals surface area contributed by atoms with Gasteiger partial charge >= 0.3 is 7.62 Å².